The maximum Gasteiger partial charge on any atom is 0.186 e. The van der Waals surface area contributed by atoms with Crippen molar-refractivity contribution in [1.29, 1.82) is 5.26 Å². The van der Waals surface area contributed by atoms with Crippen LogP contribution in [-0.2, 0) is 4.84 Å². The van der Waals surface area contributed by atoms with Gasteiger partial charge in [-0.25, -0.2) is 0 Å². The van der Waals surface area contributed by atoms with Crippen LogP contribution in [0.5, 0.6) is 5.75 Å². The third kappa shape index (κ3) is 4.15. The number of benzene rings is 1. The van der Waals surface area contributed by atoms with Crippen LogP contribution in [0.2, 0.25) is 0 Å². The smallest absolute Gasteiger partial charge is 0.186 e. The molecule has 1 aromatic carbocycles. The number of oxime groups is 1. The monoisotopic (exact) mass is 232 g/mol. The molecule has 1 rings (SSSR count). The van der Waals surface area contributed by atoms with Gasteiger partial charge in [0.05, 0.1) is 7.11 Å². The zero-order valence-corrected chi connectivity index (χ0v) is 10.1. The third-order valence-electron chi connectivity index (χ3n) is 2.21. The molecule has 0 heterocycles. The molecule has 0 bridgehead atoms. The molecule has 0 aliphatic rings. The standard InChI is InChI=1S/C13H16N2O2/c1-3-4-9-17-15-13(10-14)11-5-7-12(16-2)8-6-11/h5-8H,3-4,9H2,1-2H3/b15-13+. The van der Waals surface area contributed by atoms with Gasteiger partial charge < -0.3 is 9.57 Å². The van der Waals surface area contributed by atoms with Gasteiger partial charge in [0.2, 0.25) is 0 Å². The van der Waals surface area contributed by atoms with Gasteiger partial charge in [0, 0.05) is 5.56 Å². The fraction of sp³-hybridized carbons (Fsp3) is 0.385. The van der Waals surface area contributed by atoms with Crippen LogP contribution in [0.25, 0.3) is 0 Å². The number of nitriles is 1. The van der Waals surface area contributed by atoms with Gasteiger partial charge >= 0.3 is 0 Å². The topological polar surface area (TPSA) is 54.6 Å². The molecule has 0 unspecified atom stereocenters. The summed E-state index contributed by atoms with van der Waals surface area (Å²) in [6.45, 7) is 2.61. The number of methoxy groups -OCH3 is 1. The normalized spacial score (nSPS) is 10.8. The summed E-state index contributed by atoms with van der Waals surface area (Å²) in [6, 6.07) is 9.15. The van der Waals surface area contributed by atoms with Crippen LogP contribution in [0.1, 0.15) is 25.3 Å². The molecule has 0 amide bonds. The molecule has 4 nitrogen and oxygen atoms in total. The van der Waals surface area contributed by atoms with E-state index >= 15 is 0 Å². The van der Waals surface area contributed by atoms with Crippen LogP contribution in [0.3, 0.4) is 0 Å². The summed E-state index contributed by atoms with van der Waals surface area (Å²) in [6.07, 6.45) is 1.98. The Bertz CT molecular complexity index is 404. The Morgan fingerprint density at radius 3 is 2.59 bits per heavy atom. The molecule has 0 aliphatic carbocycles. The molecule has 0 aliphatic heterocycles. The Kier molecular flexibility index (Phi) is 5.59. The number of hydrogen-bond donors (Lipinski definition) is 0. The van der Waals surface area contributed by atoms with Crippen molar-refractivity contribution in [2.24, 2.45) is 5.16 Å². The second-order valence-electron chi connectivity index (χ2n) is 3.47. The summed E-state index contributed by atoms with van der Waals surface area (Å²) in [4.78, 5) is 5.07. The molecule has 1 aromatic rings. The minimum Gasteiger partial charge on any atom is -0.497 e. The van der Waals surface area contributed by atoms with Crippen LogP contribution in [-0.4, -0.2) is 19.4 Å². The second kappa shape index (κ2) is 7.29. The number of hydrogen-bond acceptors (Lipinski definition) is 4. The molecule has 0 saturated carbocycles. The Morgan fingerprint density at radius 2 is 2.06 bits per heavy atom. The molecule has 0 spiro atoms. The zero-order valence-electron chi connectivity index (χ0n) is 10.1. The van der Waals surface area contributed by atoms with E-state index in [1.807, 2.05) is 6.07 Å². The molecule has 0 radical (unpaired) electrons. The predicted octanol–water partition coefficient (Wildman–Crippen LogP) is 2.74. The summed E-state index contributed by atoms with van der Waals surface area (Å²) in [5.74, 6) is 0.748. The van der Waals surface area contributed by atoms with Crippen LogP contribution >= 0.6 is 0 Å². The molecular formula is C13H16N2O2. The highest BCUT2D eigenvalue weighted by molar-refractivity contribution is 6.11. The Labute approximate surface area is 101 Å². The van der Waals surface area contributed by atoms with E-state index in [0.29, 0.717) is 6.61 Å². The van der Waals surface area contributed by atoms with E-state index in [4.69, 9.17) is 14.8 Å². The van der Waals surface area contributed by atoms with Crippen molar-refractivity contribution in [2.75, 3.05) is 13.7 Å². The molecule has 0 aromatic heterocycles. The molecule has 0 atom stereocenters. The fourth-order valence-corrected chi connectivity index (χ4v) is 1.21. The molecule has 4 heteroatoms. The van der Waals surface area contributed by atoms with Crippen molar-refractivity contribution >= 4 is 5.71 Å². The lowest BCUT2D eigenvalue weighted by molar-refractivity contribution is 0.142. The average Bonchev–Trinajstić information content (AvgIpc) is 2.39. The molecule has 90 valence electrons. The Hall–Kier alpha value is -2.02. The van der Waals surface area contributed by atoms with E-state index in [-0.39, 0.29) is 5.71 Å². The van der Waals surface area contributed by atoms with Gasteiger partial charge in [-0.05, 0) is 30.7 Å². The van der Waals surface area contributed by atoms with Gasteiger partial charge in [0.1, 0.15) is 18.4 Å². The van der Waals surface area contributed by atoms with E-state index in [2.05, 4.69) is 12.1 Å². The summed E-state index contributed by atoms with van der Waals surface area (Å²) >= 11 is 0. The Balaban J connectivity index is 2.69. The molecule has 0 fully saturated rings. The van der Waals surface area contributed by atoms with Crippen molar-refractivity contribution in [3.63, 3.8) is 0 Å². The highest BCUT2D eigenvalue weighted by Gasteiger charge is 2.03. The maximum absolute atomic E-state index is 8.97. The lowest BCUT2D eigenvalue weighted by Gasteiger charge is -2.02. The van der Waals surface area contributed by atoms with Crippen molar-refractivity contribution in [3.8, 4) is 11.8 Å². The van der Waals surface area contributed by atoms with E-state index in [0.717, 1.165) is 24.2 Å². The van der Waals surface area contributed by atoms with Gasteiger partial charge in [-0.15, -0.1) is 0 Å². The lowest BCUT2D eigenvalue weighted by Crippen LogP contribution is -1.99. The van der Waals surface area contributed by atoms with Crippen molar-refractivity contribution in [2.45, 2.75) is 19.8 Å². The van der Waals surface area contributed by atoms with Crippen molar-refractivity contribution in [3.05, 3.63) is 29.8 Å². The van der Waals surface area contributed by atoms with E-state index in [1.165, 1.54) is 0 Å². The molecule has 0 saturated heterocycles. The zero-order chi connectivity index (χ0) is 12.5. The van der Waals surface area contributed by atoms with E-state index < -0.39 is 0 Å². The SMILES string of the molecule is CCCCO/N=C(\C#N)c1ccc(OC)cc1. The number of rotatable bonds is 6. The average molecular weight is 232 g/mol. The van der Waals surface area contributed by atoms with E-state index in [1.54, 1.807) is 31.4 Å². The number of unbranched alkanes of at least 4 members (excludes halogenated alkanes) is 1. The molecule has 17 heavy (non-hydrogen) atoms. The highest BCUT2D eigenvalue weighted by Crippen LogP contribution is 2.12. The van der Waals surface area contributed by atoms with Gasteiger partial charge in [-0.2, -0.15) is 5.26 Å². The van der Waals surface area contributed by atoms with Crippen LogP contribution < -0.4 is 4.74 Å². The quantitative estimate of drug-likeness (QED) is 0.430. The third-order valence-corrected chi connectivity index (χ3v) is 2.21. The van der Waals surface area contributed by atoms with E-state index in [9.17, 15) is 0 Å². The molecule has 0 N–H and O–H groups in total. The number of nitrogens with zero attached hydrogens (tertiary/aromatic N) is 2. The van der Waals surface area contributed by atoms with Gasteiger partial charge in [-0.1, -0.05) is 18.5 Å². The minimum absolute atomic E-state index is 0.281. The highest BCUT2D eigenvalue weighted by atomic mass is 16.6. The van der Waals surface area contributed by atoms with Gasteiger partial charge in [-0.3, -0.25) is 0 Å². The first kappa shape index (κ1) is 13.0. The predicted molar refractivity (Wildman–Crippen MR) is 66.0 cm³/mol. The lowest BCUT2D eigenvalue weighted by atomic mass is 10.1. The fourth-order valence-electron chi connectivity index (χ4n) is 1.21. The van der Waals surface area contributed by atoms with Crippen molar-refractivity contribution < 1.29 is 9.57 Å². The second-order valence-corrected chi connectivity index (χ2v) is 3.47. The first-order chi connectivity index (χ1) is 8.31. The summed E-state index contributed by atoms with van der Waals surface area (Å²) in [5.41, 5.74) is 1.01. The van der Waals surface area contributed by atoms with Gasteiger partial charge in [0.15, 0.2) is 5.71 Å². The summed E-state index contributed by atoms with van der Waals surface area (Å²) < 4.78 is 5.04. The minimum atomic E-state index is 0.281. The van der Waals surface area contributed by atoms with Gasteiger partial charge in [0.25, 0.3) is 0 Å². The summed E-state index contributed by atoms with van der Waals surface area (Å²) in [5, 5.41) is 12.8. The Morgan fingerprint density at radius 1 is 1.35 bits per heavy atom. The van der Waals surface area contributed by atoms with Crippen LogP contribution in [0, 0.1) is 11.3 Å². The molecular weight excluding hydrogens is 216 g/mol. The van der Waals surface area contributed by atoms with Crippen LogP contribution in [0.15, 0.2) is 29.4 Å². The largest absolute Gasteiger partial charge is 0.497 e. The van der Waals surface area contributed by atoms with Crippen molar-refractivity contribution in [1.82, 2.24) is 0 Å². The maximum atomic E-state index is 8.97. The van der Waals surface area contributed by atoms with Crippen LogP contribution in [0.4, 0.5) is 0 Å². The summed E-state index contributed by atoms with van der Waals surface area (Å²) in [7, 11) is 1.60. The first-order valence-corrected chi connectivity index (χ1v) is 5.56. The first-order valence-electron chi connectivity index (χ1n) is 5.56. The number of ether oxygens (including phenoxy) is 1.